The molecule has 1 aromatic carbocycles. The van der Waals surface area contributed by atoms with Crippen LogP contribution in [0.5, 0.6) is 0 Å². The van der Waals surface area contributed by atoms with E-state index in [9.17, 15) is 0 Å². The van der Waals surface area contributed by atoms with E-state index in [1.54, 1.807) is 0 Å². The molecule has 106 valence electrons. The summed E-state index contributed by atoms with van der Waals surface area (Å²) in [6.07, 6.45) is 4.05. The zero-order chi connectivity index (χ0) is 13.7. The number of morpholine rings is 1. The minimum atomic E-state index is 0.200. The van der Waals surface area contributed by atoms with E-state index in [0.717, 1.165) is 13.0 Å². The minimum Gasteiger partial charge on any atom is -0.367 e. The average molecular weight is 261 g/mol. The van der Waals surface area contributed by atoms with Crippen LogP contribution in [0.2, 0.25) is 0 Å². The topological polar surface area (TPSA) is 21.3 Å². The number of hydrogen-bond acceptors (Lipinski definition) is 2. The summed E-state index contributed by atoms with van der Waals surface area (Å²) in [6.45, 7) is 7.75. The maximum atomic E-state index is 6.46. The molecule has 0 radical (unpaired) electrons. The van der Waals surface area contributed by atoms with Crippen molar-refractivity contribution in [3.05, 3.63) is 35.9 Å². The first-order chi connectivity index (χ1) is 9.30. The smallest absolute Gasteiger partial charge is 0.0982 e. The van der Waals surface area contributed by atoms with E-state index in [2.05, 4.69) is 56.4 Å². The Balaban J connectivity index is 2.13. The van der Waals surface area contributed by atoms with Gasteiger partial charge in [0.15, 0.2) is 0 Å². The van der Waals surface area contributed by atoms with E-state index in [-0.39, 0.29) is 6.10 Å². The molecular formula is C17H27NO. The minimum absolute atomic E-state index is 0.200. The summed E-state index contributed by atoms with van der Waals surface area (Å²) in [5, 5.41) is 3.69. The van der Waals surface area contributed by atoms with Gasteiger partial charge < -0.3 is 10.1 Å². The quantitative estimate of drug-likeness (QED) is 0.867. The Morgan fingerprint density at radius 2 is 1.84 bits per heavy atom. The van der Waals surface area contributed by atoms with Crippen molar-refractivity contribution in [3.8, 4) is 0 Å². The van der Waals surface area contributed by atoms with Gasteiger partial charge in [0.05, 0.1) is 12.2 Å². The summed E-state index contributed by atoms with van der Waals surface area (Å²) in [5.74, 6) is 0.663. The number of rotatable bonds is 5. The Morgan fingerprint density at radius 1 is 1.16 bits per heavy atom. The lowest BCUT2D eigenvalue weighted by Crippen LogP contribution is -2.50. The van der Waals surface area contributed by atoms with Crippen molar-refractivity contribution < 1.29 is 4.74 Å². The lowest BCUT2D eigenvalue weighted by atomic mass is 9.91. The molecule has 1 aliphatic heterocycles. The molecule has 1 aromatic rings. The van der Waals surface area contributed by atoms with Crippen LogP contribution < -0.4 is 5.32 Å². The van der Waals surface area contributed by atoms with Gasteiger partial charge in [-0.3, -0.25) is 0 Å². The molecule has 1 fully saturated rings. The number of ether oxygens (including phenoxy) is 1. The predicted octanol–water partition coefficient (Wildman–Crippen LogP) is 3.93. The molecule has 1 heterocycles. The van der Waals surface area contributed by atoms with Crippen LogP contribution in [0.15, 0.2) is 30.3 Å². The normalized spacial score (nSPS) is 27.7. The summed E-state index contributed by atoms with van der Waals surface area (Å²) < 4.78 is 6.46. The van der Waals surface area contributed by atoms with Crippen molar-refractivity contribution in [1.82, 2.24) is 5.32 Å². The van der Waals surface area contributed by atoms with Gasteiger partial charge in [0.1, 0.15) is 0 Å². The summed E-state index contributed by atoms with van der Waals surface area (Å²) in [4.78, 5) is 0. The molecule has 2 nitrogen and oxygen atoms in total. The zero-order valence-electron chi connectivity index (χ0n) is 12.4. The van der Waals surface area contributed by atoms with E-state index in [1.807, 2.05) is 0 Å². The van der Waals surface area contributed by atoms with Gasteiger partial charge >= 0.3 is 0 Å². The van der Waals surface area contributed by atoms with E-state index >= 15 is 0 Å². The Labute approximate surface area is 117 Å². The van der Waals surface area contributed by atoms with E-state index in [0.29, 0.717) is 18.1 Å². The molecule has 0 saturated carbocycles. The first-order valence-electron chi connectivity index (χ1n) is 7.73. The number of nitrogens with one attached hydrogen (secondary N) is 1. The van der Waals surface area contributed by atoms with Crippen molar-refractivity contribution in [2.45, 2.75) is 58.3 Å². The van der Waals surface area contributed by atoms with Gasteiger partial charge in [-0.15, -0.1) is 0 Å². The van der Waals surface area contributed by atoms with Gasteiger partial charge in [0.2, 0.25) is 0 Å². The molecule has 1 saturated heterocycles. The summed E-state index contributed by atoms with van der Waals surface area (Å²) in [5.41, 5.74) is 1.30. The molecule has 0 spiro atoms. The molecule has 1 N–H and O–H groups in total. The van der Waals surface area contributed by atoms with E-state index in [1.165, 1.54) is 18.4 Å². The Hall–Kier alpha value is -0.860. The standard InChI is InChI=1S/C17H27NO/c1-4-13(5-2)16-12-18-15(6-3)17(19-16)14-10-8-7-9-11-14/h7-11,13,15-18H,4-6,12H2,1-3H3. The first-order valence-corrected chi connectivity index (χ1v) is 7.73. The van der Waals surface area contributed by atoms with Crippen LogP contribution in [-0.4, -0.2) is 18.7 Å². The van der Waals surface area contributed by atoms with Crippen LogP contribution >= 0.6 is 0 Å². The molecule has 2 heteroatoms. The fourth-order valence-electron chi connectivity index (χ4n) is 3.11. The highest BCUT2D eigenvalue weighted by Crippen LogP contribution is 2.31. The van der Waals surface area contributed by atoms with Crippen LogP contribution in [0.3, 0.4) is 0 Å². The van der Waals surface area contributed by atoms with Crippen LogP contribution in [0.25, 0.3) is 0 Å². The maximum Gasteiger partial charge on any atom is 0.0982 e. The number of hydrogen-bond donors (Lipinski definition) is 1. The molecule has 0 aromatic heterocycles. The molecule has 0 bridgehead atoms. The summed E-state index contributed by atoms with van der Waals surface area (Å²) >= 11 is 0. The van der Waals surface area contributed by atoms with Gasteiger partial charge in [0, 0.05) is 12.6 Å². The second-order valence-corrected chi connectivity index (χ2v) is 5.51. The highest BCUT2D eigenvalue weighted by Gasteiger charge is 2.33. The second-order valence-electron chi connectivity index (χ2n) is 5.51. The molecule has 2 rings (SSSR count). The fraction of sp³-hybridized carbons (Fsp3) is 0.647. The molecule has 1 aliphatic rings. The van der Waals surface area contributed by atoms with Crippen molar-refractivity contribution in [2.75, 3.05) is 6.54 Å². The third-order valence-electron chi connectivity index (χ3n) is 4.41. The Kier molecular flexibility index (Phi) is 5.41. The van der Waals surface area contributed by atoms with Crippen LogP contribution in [0, 0.1) is 5.92 Å². The maximum absolute atomic E-state index is 6.46. The van der Waals surface area contributed by atoms with Gasteiger partial charge in [-0.05, 0) is 17.9 Å². The summed E-state index contributed by atoms with van der Waals surface area (Å²) in [7, 11) is 0. The van der Waals surface area contributed by atoms with Crippen LogP contribution in [0.1, 0.15) is 51.7 Å². The van der Waals surface area contributed by atoms with Gasteiger partial charge in [-0.25, -0.2) is 0 Å². The van der Waals surface area contributed by atoms with Crippen LogP contribution in [-0.2, 0) is 4.74 Å². The van der Waals surface area contributed by atoms with Gasteiger partial charge in [0.25, 0.3) is 0 Å². The first kappa shape index (κ1) is 14.5. The highest BCUT2D eigenvalue weighted by molar-refractivity contribution is 5.20. The van der Waals surface area contributed by atoms with Gasteiger partial charge in [-0.2, -0.15) is 0 Å². The average Bonchev–Trinajstić information content (AvgIpc) is 2.49. The van der Waals surface area contributed by atoms with Crippen molar-refractivity contribution >= 4 is 0 Å². The zero-order valence-corrected chi connectivity index (χ0v) is 12.4. The Morgan fingerprint density at radius 3 is 2.42 bits per heavy atom. The lowest BCUT2D eigenvalue weighted by molar-refractivity contribution is -0.0920. The number of benzene rings is 1. The van der Waals surface area contributed by atoms with E-state index < -0.39 is 0 Å². The third-order valence-corrected chi connectivity index (χ3v) is 4.41. The summed E-state index contributed by atoms with van der Waals surface area (Å²) in [6, 6.07) is 11.1. The highest BCUT2D eigenvalue weighted by atomic mass is 16.5. The van der Waals surface area contributed by atoms with E-state index in [4.69, 9.17) is 4.74 Å². The van der Waals surface area contributed by atoms with Gasteiger partial charge in [-0.1, -0.05) is 63.9 Å². The van der Waals surface area contributed by atoms with Crippen molar-refractivity contribution in [3.63, 3.8) is 0 Å². The molecule has 0 aliphatic carbocycles. The largest absolute Gasteiger partial charge is 0.367 e. The monoisotopic (exact) mass is 261 g/mol. The van der Waals surface area contributed by atoms with Crippen LogP contribution in [0.4, 0.5) is 0 Å². The molecule has 19 heavy (non-hydrogen) atoms. The SMILES string of the molecule is CCC(CC)C1CNC(CC)C(c2ccccc2)O1. The molecule has 0 amide bonds. The second kappa shape index (κ2) is 7.06. The molecular weight excluding hydrogens is 234 g/mol. The molecule has 3 unspecified atom stereocenters. The Bertz CT molecular complexity index is 361. The fourth-order valence-corrected chi connectivity index (χ4v) is 3.11. The third kappa shape index (κ3) is 3.37. The van der Waals surface area contributed by atoms with Crippen molar-refractivity contribution in [2.24, 2.45) is 5.92 Å². The lowest BCUT2D eigenvalue weighted by Gasteiger charge is -2.40. The predicted molar refractivity (Wildman–Crippen MR) is 80.2 cm³/mol. The van der Waals surface area contributed by atoms with Crippen molar-refractivity contribution in [1.29, 1.82) is 0 Å². The molecule has 3 atom stereocenters.